The Morgan fingerprint density at radius 2 is 1.76 bits per heavy atom. The van der Waals surface area contributed by atoms with Crippen molar-refractivity contribution in [3.63, 3.8) is 0 Å². The van der Waals surface area contributed by atoms with Gasteiger partial charge in [-0.05, 0) is 25.7 Å². The number of hydrogen-bond acceptors (Lipinski definition) is 4. The molecule has 2 fully saturated rings. The quantitative estimate of drug-likeness (QED) is 0.808. The second kappa shape index (κ2) is 9.53. The third-order valence-electron chi connectivity index (χ3n) is 6.04. The maximum absolute atomic E-state index is 12.7. The Labute approximate surface area is 176 Å². The normalized spacial score (nSPS) is 18.6. The highest BCUT2D eigenvalue weighted by atomic mass is 32.1. The van der Waals surface area contributed by atoms with Crippen LogP contribution in [0.4, 0.5) is 0 Å². The van der Waals surface area contributed by atoms with E-state index < -0.39 is 0 Å². The van der Waals surface area contributed by atoms with E-state index in [1.807, 2.05) is 40.6 Å². The van der Waals surface area contributed by atoms with E-state index in [0.717, 1.165) is 55.0 Å². The molecule has 0 unspecified atom stereocenters. The maximum Gasteiger partial charge on any atom is 0.226 e. The molecule has 2 aromatic rings. The van der Waals surface area contributed by atoms with Crippen molar-refractivity contribution in [3.8, 4) is 10.6 Å². The summed E-state index contributed by atoms with van der Waals surface area (Å²) < 4.78 is 0. The van der Waals surface area contributed by atoms with Crippen LogP contribution < -0.4 is 5.32 Å². The van der Waals surface area contributed by atoms with E-state index in [0.29, 0.717) is 12.3 Å². The van der Waals surface area contributed by atoms with Crippen LogP contribution in [0.5, 0.6) is 0 Å². The van der Waals surface area contributed by atoms with Crippen molar-refractivity contribution in [1.82, 2.24) is 15.2 Å². The lowest BCUT2D eigenvalue weighted by molar-refractivity contribution is -0.137. The molecule has 2 heterocycles. The van der Waals surface area contributed by atoms with Gasteiger partial charge < -0.3 is 10.2 Å². The van der Waals surface area contributed by atoms with Crippen LogP contribution in [0.2, 0.25) is 0 Å². The SMILES string of the molecule is O=C(Cc1csc(-c2ccccc2)n1)NC1CCN(C(=O)C2CCCCC2)CC1. The Hall–Kier alpha value is -2.21. The van der Waals surface area contributed by atoms with Crippen molar-refractivity contribution < 1.29 is 9.59 Å². The number of hydrogen-bond donors (Lipinski definition) is 1. The molecule has 1 saturated heterocycles. The van der Waals surface area contributed by atoms with E-state index in [9.17, 15) is 9.59 Å². The lowest BCUT2D eigenvalue weighted by Crippen LogP contribution is -2.48. The first-order valence-corrected chi connectivity index (χ1v) is 11.6. The Morgan fingerprint density at radius 1 is 1.03 bits per heavy atom. The number of likely N-dealkylation sites (tertiary alicyclic amines) is 1. The monoisotopic (exact) mass is 411 g/mol. The highest BCUT2D eigenvalue weighted by Crippen LogP contribution is 2.27. The number of piperidine rings is 1. The summed E-state index contributed by atoms with van der Waals surface area (Å²) in [5.74, 6) is 0.593. The summed E-state index contributed by atoms with van der Waals surface area (Å²) in [7, 11) is 0. The molecule has 1 aromatic heterocycles. The van der Waals surface area contributed by atoms with Crippen LogP contribution in [-0.2, 0) is 16.0 Å². The average Bonchev–Trinajstić information content (AvgIpc) is 3.23. The zero-order valence-corrected chi connectivity index (χ0v) is 17.6. The van der Waals surface area contributed by atoms with Gasteiger partial charge in [-0.25, -0.2) is 4.98 Å². The van der Waals surface area contributed by atoms with Crippen LogP contribution in [0.15, 0.2) is 35.7 Å². The Balaban J connectivity index is 1.23. The third-order valence-corrected chi connectivity index (χ3v) is 6.98. The van der Waals surface area contributed by atoms with Gasteiger partial charge in [0.25, 0.3) is 0 Å². The van der Waals surface area contributed by atoms with Gasteiger partial charge in [0.15, 0.2) is 0 Å². The van der Waals surface area contributed by atoms with Gasteiger partial charge in [0.05, 0.1) is 12.1 Å². The summed E-state index contributed by atoms with van der Waals surface area (Å²) in [6.45, 7) is 1.52. The van der Waals surface area contributed by atoms with E-state index in [4.69, 9.17) is 0 Å². The molecule has 4 rings (SSSR count). The standard InChI is InChI=1S/C23H29N3O2S/c27-21(15-20-16-29-22(25-20)17-7-3-1-4-8-17)24-19-11-13-26(14-12-19)23(28)18-9-5-2-6-10-18/h1,3-4,7-8,16,18-19H,2,5-6,9-15H2,(H,24,27). The van der Waals surface area contributed by atoms with Gasteiger partial charge in [-0.3, -0.25) is 9.59 Å². The van der Waals surface area contributed by atoms with Crippen molar-refractivity contribution in [2.24, 2.45) is 5.92 Å². The highest BCUT2D eigenvalue weighted by Gasteiger charge is 2.29. The highest BCUT2D eigenvalue weighted by molar-refractivity contribution is 7.13. The van der Waals surface area contributed by atoms with Crippen molar-refractivity contribution in [1.29, 1.82) is 0 Å². The van der Waals surface area contributed by atoms with Gasteiger partial charge >= 0.3 is 0 Å². The smallest absolute Gasteiger partial charge is 0.226 e. The molecule has 0 radical (unpaired) electrons. The van der Waals surface area contributed by atoms with Crippen molar-refractivity contribution in [2.75, 3.05) is 13.1 Å². The van der Waals surface area contributed by atoms with E-state index in [-0.39, 0.29) is 17.9 Å². The molecule has 29 heavy (non-hydrogen) atoms. The number of carbonyl (C=O) groups excluding carboxylic acids is 2. The number of amides is 2. The summed E-state index contributed by atoms with van der Waals surface area (Å²) in [4.78, 5) is 31.8. The fourth-order valence-corrected chi connectivity index (χ4v) is 5.22. The average molecular weight is 412 g/mol. The van der Waals surface area contributed by atoms with Crippen molar-refractivity contribution in [3.05, 3.63) is 41.4 Å². The Morgan fingerprint density at radius 3 is 2.48 bits per heavy atom. The molecule has 154 valence electrons. The number of nitrogens with zero attached hydrogens (tertiary/aromatic N) is 2. The summed E-state index contributed by atoms with van der Waals surface area (Å²) in [6, 6.07) is 10.2. The first-order valence-electron chi connectivity index (χ1n) is 10.8. The second-order valence-electron chi connectivity index (χ2n) is 8.19. The van der Waals surface area contributed by atoms with E-state index >= 15 is 0 Å². The molecule has 0 spiro atoms. The van der Waals surface area contributed by atoms with Gasteiger partial charge in [0.1, 0.15) is 5.01 Å². The van der Waals surface area contributed by atoms with E-state index in [1.165, 1.54) is 19.3 Å². The molecule has 1 aliphatic heterocycles. The fraction of sp³-hybridized carbons (Fsp3) is 0.522. The molecule has 2 aliphatic rings. The minimum Gasteiger partial charge on any atom is -0.353 e. The van der Waals surface area contributed by atoms with Crippen LogP contribution in [0.25, 0.3) is 10.6 Å². The van der Waals surface area contributed by atoms with Gasteiger partial charge in [0, 0.05) is 36.0 Å². The zero-order valence-electron chi connectivity index (χ0n) is 16.8. The van der Waals surface area contributed by atoms with Gasteiger partial charge in [0.2, 0.25) is 11.8 Å². The number of thiazole rings is 1. The van der Waals surface area contributed by atoms with Crippen LogP contribution in [-0.4, -0.2) is 40.8 Å². The number of benzene rings is 1. The molecular weight excluding hydrogens is 382 g/mol. The summed E-state index contributed by atoms with van der Waals surface area (Å²) in [6.07, 6.45) is 7.74. The number of carbonyl (C=O) groups is 2. The molecule has 1 saturated carbocycles. The fourth-order valence-electron chi connectivity index (χ4n) is 4.40. The minimum absolute atomic E-state index is 0.0203. The van der Waals surface area contributed by atoms with Gasteiger partial charge in [-0.1, -0.05) is 49.6 Å². The molecular formula is C23H29N3O2S. The molecule has 1 N–H and O–H groups in total. The predicted octanol–water partition coefficient (Wildman–Crippen LogP) is 4.04. The molecule has 6 heteroatoms. The van der Waals surface area contributed by atoms with Crippen molar-refractivity contribution >= 4 is 23.2 Å². The first-order chi connectivity index (χ1) is 14.2. The van der Waals surface area contributed by atoms with E-state index in [2.05, 4.69) is 10.3 Å². The molecule has 5 nitrogen and oxygen atoms in total. The third kappa shape index (κ3) is 5.24. The molecule has 1 aliphatic carbocycles. The zero-order chi connectivity index (χ0) is 20.1. The molecule has 2 amide bonds. The number of rotatable bonds is 5. The van der Waals surface area contributed by atoms with Crippen LogP contribution in [0, 0.1) is 5.92 Å². The van der Waals surface area contributed by atoms with Crippen molar-refractivity contribution in [2.45, 2.75) is 57.4 Å². The topological polar surface area (TPSA) is 62.3 Å². The summed E-state index contributed by atoms with van der Waals surface area (Å²) >= 11 is 1.57. The number of nitrogens with one attached hydrogen (secondary N) is 1. The Bertz CT molecular complexity index is 822. The largest absolute Gasteiger partial charge is 0.353 e. The molecule has 1 aromatic carbocycles. The maximum atomic E-state index is 12.7. The minimum atomic E-state index is 0.0203. The second-order valence-corrected chi connectivity index (χ2v) is 9.05. The first kappa shape index (κ1) is 20.1. The van der Waals surface area contributed by atoms with Crippen LogP contribution >= 0.6 is 11.3 Å². The van der Waals surface area contributed by atoms with E-state index in [1.54, 1.807) is 11.3 Å². The lowest BCUT2D eigenvalue weighted by atomic mass is 9.87. The van der Waals surface area contributed by atoms with Crippen LogP contribution in [0.3, 0.4) is 0 Å². The number of aromatic nitrogens is 1. The van der Waals surface area contributed by atoms with Crippen LogP contribution in [0.1, 0.15) is 50.6 Å². The molecule has 0 atom stereocenters. The Kier molecular flexibility index (Phi) is 6.60. The summed E-state index contributed by atoms with van der Waals surface area (Å²) in [5.41, 5.74) is 1.90. The molecule has 0 bridgehead atoms. The van der Waals surface area contributed by atoms with Gasteiger partial charge in [-0.15, -0.1) is 11.3 Å². The van der Waals surface area contributed by atoms with Gasteiger partial charge in [-0.2, -0.15) is 0 Å². The summed E-state index contributed by atoms with van der Waals surface area (Å²) in [5, 5.41) is 6.06. The lowest BCUT2D eigenvalue weighted by Gasteiger charge is -2.35. The predicted molar refractivity (Wildman–Crippen MR) is 116 cm³/mol.